The van der Waals surface area contributed by atoms with Gasteiger partial charge in [0.1, 0.15) is 17.5 Å². The number of rotatable bonds is 2. The average molecular weight is 517 g/mol. The number of aromatic hydroxyl groups is 1. The summed E-state index contributed by atoms with van der Waals surface area (Å²) in [7, 11) is 0. The summed E-state index contributed by atoms with van der Waals surface area (Å²) >= 11 is 0. The molecular formula is C31H32O7. The molecule has 3 unspecified atom stereocenters. The summed E-state index contributed by atoms with van der Waals surface area (Å²) in [6, 6.07) is 1.61. The summed E-state index contributed by atoms with van der Waals surface area (Å²) in [4.78, 5) is 68.0. The number of hydrogen-bond acceptors (Lipinski definition) is 7. The number of carbonyl (C=O) groups excluding carboxylic acids is 5. The minimum atomic E-state index is -2.72. The van der Waals surface area contributed by atoms with E-state index in [1.165, 1.54) is 0 Å². The summed E-state index contributed by atoms with van der Waals surface area (Å²) in [5.41, 5.74) is -4.29. The van der Waals surface area contributed by atoms with Crippen LogP contribution in [0.4, 0.5) is 0 Å². The Hall–Kier alpha value is -3.55. The topological polar surface area (TPSA) is 126 Å². The lowest BCUT2D eigenvalue weighted by atomic mass is 9.40. The van der Waals surface area contributed by atoms with Crippen molar-refractivity contribution < 1.29 is 34.2 Å². The molecule has 0 aromatic heterocycles. The zero-order valence-corrected chi connectivity index (χ0v) is 22.7. The van der Waals surface area contributed by atoms with Gasteiger partial charge in [0, 0.05) is 16.9 Å². The molecule has 0 saturated heterocycles. The van der Waals surface area contributed by atoms with E-state index in [1.54, 1.807) is 47.6 Å². The van der Waals surface area contributed by atoms with Crippen LogP contribution in [0, 0.1) is 58.2 Å². The molecule has 1 aromatic carbocycles. The lowest BCUT2D eigenvalue weighted by Crippen LogP contribution is -2.76. The quantitative estimate of drug-likeness (QED) is 0.457. The van der Waals surface area contributed by atoms with Crippen LogP contribution in [0.25, 0.3) is 0 Å². The molecule has 7 nitrogen and oxygen atoms in total. The first-order valence-electron chi connectivity index (χ1n) is 12.8. The van der Waals surface area contributed by atoms with Gasteiger partial charge in [0.05, 0.1) is 17.0 Å². The van der Waals surface area contributed by atoms with E-state index in [0.29, 0.717) is 11.1 Å². The zero-order valence-electron chi connectivity index (χ0n) is 22.7. The van der Waals surface area contributed by atoms with Gasteiger partial charge in [0.25, 0.3) is 0 Å². The van der Waals surface area contributed by atoms with Gasteiger partial charge in [-0.1, -0.05) is 39.5 Å². The number of fused-ring (bicyclic) bond motifs is 3. The van der Waals surface area contributed by atoms with E-state index in [9.17, 15) is 34.2 Å². The van der Waals surface area contributed by atoms with Crippen molar-refractivity contribution in [1.82, 2.24) is 0 Å². The van der Waals surface area contributed by atoms with Gasteiger partial charge in [0.15, 0.2) is 28.7 Å². The highest BCUT2D eigenvalue weighted by atomic mass is 16.3. The fraction of sp³-hybridized carbons (Fsp3) is 0.516. The number of benzene rings is 1. The van der Waals surface area contributed by atoms with Gasteiger partial charge in [-0.3, -0.25) is 24.0 Å². The fourth-order valence-electron chi connectivity index (χ4n) is 7.68. The van der Waals surface area contributed by atoms with Crippen LogP contribution in [0.5, 0.6) is 5.75 Å². The Bertz CT molecular complexity index is 1460. The van der Waals surface area contributed by atoms with Crippen LogP contribution in [0.3, 0.4) is 0 Å². The molecule has 3 aliphatic carbocycles. The van der Waals surface area contributed by atoms with E-state index in [1.807, 2.05) is 0 Å². The van der Waals surface area contributed by atoms with Crippen molar-refractivity contribution in [2.45, 2.75) is 66.9 Å². The van der Waals surface area contributed by atoms with Crippen molar-refractivity contribution in [1.29, 1.82) is 0 Å². The third-order valence-electron chi connectivity index (χ3n) is 8.90. The van der Waals surface area contributed by atoms with Gasteiger partial charge >= 0.3 is 0 Å². The highest BCUT2D eigenvalue weighted by Crippen LogP contribution is 2.63. The average Bonchev–Trinajstić information content (AvgIpc) is 2.79. The van der Waals surface area contributed by atoms with Crippen LogP contribution in [0.2, 0.25) is 0 Å². The Kier molecular flexibility index (Phi) is 6.33. The molecule has 38 heavy (non-hydrogen) atoms. The molecule has 0 bridgehead atoms. The van der Waals surface area contributed by atoms with E-state index >= 15 is 0 Å². The van der Waals surface area contributed by atoms with Crippen LogP contribution in [0.15, 0.2) is 6.07 Å². The van der Waals surface area contributed by atoms with E-state index < -0.39 is 69.0 Å². The second-order valence-electron chi connectivity index (χ2n) is 11.8. The normalized spacial score (nSPS) is 33.9. The van der Waals surface area contributed by atoms with Crippen molar-refractivity contribution in [3.05, 3.63) is 28.3 Å². The Morgan fingerprint density at radius 2 is 1.61 bits per heavy atom. The monoisotopic (exact) mass is 516 g/mol. The number of hydrogen-bond donors (Lipinski definition) is 2. The maximum atomic E-state index is 14.3. The minimum Gasteiger partial charge on any atom is -0.506 e. The first kappa shape index (κ1) is 27.5. The Morgan fingerprint density at radius 1 is 1.03 bits per heavy atom. The van der Waals surface area contributed by atoms with Crippen LogP contribution in [-0.2, 0) is 25.6 Å². The van der Waals surface area contributed by atoms with E-state index in [2.05, 4.69) is 23.7 Å². The number of phenols is 1. The lowest BCUT2D eigenvalue weighted by Gasteiger charge is -2.61. The molecule has 2 fully saturated rings. The fourth-order valence-corrected chi connectivity index (χ4v) is 7.68. The number of aliphatic hydroxyl groups is 1. The van der Waals surface area contributed by atoms with E-state index in [0.717, 1.165) is 6.92 Å². The van der Waals surface area contributed by atoms with Crippen LogP contribution in [0.1, 0.15) is 81.9 Å². The third-order valence-corrected chi connectivity index (χ3v) is 8.90. The molecule has 2 N–H and O–H groups in total. The van der Waals surface area contributed by atoms with Gasteiger partial charge < -0.3 is 10.2 Å². The second-order valence-corrected chi connectivity index (χ2v) is 11.8. The standard InChI is InChI=1S/C31H32O7/c1-8-10-17-12-18(11-9-2)24(33)21-19(17)13-29(6)14-30(7)22(15(3)4)25(34)20(16(5)32)27(36)31(30,38)28(37)23(29)26(21)35/h12,15,20,22-23,33,38H,13-14H2,1-7H3/t20?,22?,23?,29-,30-,31+/m1/s1. The summed E-state index contributed by atoms with van der Waals surface area (Å²) in [5.74, 6) is 2.03. The molecule has 0 aliphatic heterocycles. The van der Waals surface area contributed by atoms with E-state index in [-0.39, 0.29) is 29.7 Å². The summed E-state index contributed by atoms with van der Waals surface area (Å²) in [6.07, 6.45) is 0.149. The number of phenolic OH excluding ortho intramolecular Hbond substituents is 1. The molecule has 6 atom stereocenters. The van der Waals surface area contributed by atoms with Gasteiger partial charge in [-0.15, -0.1) is 11.8 Å². The van der Waals surface area contributed by atoms with Gasteiger partial charge in [-0.2, -0.15) is 0 Å². The first-order valence-corrected chi connectivity index (χ1v) is 12.8. The van der Waals surface area contributed by atoms with Crippen LogP contribution in [-0.4, -0.2) is 44.7 Å². The molecule has 4 rings (SSSR count). The Morgan fingerprint density at radius 3 is 2.13 bits per heavy atom. The number of carbonyl (C=O) groups is 5. The van der Waals surface area contributed by atoms with E-state index in [4.69, 9.17) is 0 Å². The predicted octanol–water partition coefficient (Wildman–Crippen LogP) is 2.84. The molecule has 0 radical (unpaired) electrons. The highest BCUT2D eigenvalue weighted by Gasteiger charge is 2.76. The largest absolute Gasteiger partial charge is 0.506 e. The summed E-state index contributed by atoms with van der Waals surface area (Å²) < 4.78 is 0. The molecule has 0 spiro atoms. The molecule has 3 aliphatic rings. The Balaban J connectivity index is 2.03. The van der Waals surface area contributed by atoms with Gasteiger partial charge in [-0.25, -0.2) is 0 Å². The predicted molar refractivity (Wildman–Crippen MR) is 138 cm³/mol. The van der Waals surface area contributed by atoms with Crippen LogP contribution >= 0.6 is 0 Å². The lowest BCUT2D eigenvalue weighted by molar-refractivity contribution is -0.205. The van der Waals surface area contributed by atoms with Crippen LogP contribution < -0.4 is 0 Å². The van der Waals surface area contributed by atoms with Crippen molar-refractivity contribution in [3.8, 4) is 29.4 Å². The zero-order chi connectivity index (χ0) is 28.5. The maximum absolute atomic E-state index is 14.3. The number of ketones is 5. The van der Waals surface area contributed by atoms with Crippen molar-refractivity contribution in [3.63, 3.8) is 0 Å². The van der Waals surface area contributed by atoms with Crippen molar-refractivity contribution in [2.75, 3.05) is 0 Å². The van der Waals surface area contributed by atoms with Gasteiger partial charge in [-0.05, 0) is 56.6 Å². The molecule has 198 valence electrons. The molecule has 2 saturated carbocycles. The molecule has 7 heteroatoms. The number of Topliss-reactive ketones (excluding diaryl/α,β-unsaturated/α-hetero) is 5. The smallest absolute Gasteiger partial charge is 0.190 e. The maximum Gasteiger partial charge on any atom is 0.190 e. The summed E-state index contributed by atoms with van der Waals surface area (Å²) in [5, 5.41) is 23.1. The first-order chi connectivity index (χ1) is 17.6. The molecule has 0 heterocycles. The Labute approximate surface area is 222 Å². The highest BCUT2D eigenvalue weighted by molar-refractivity contribution is 6.32. The second kappa shape index (κ2) is 8.75. The third kappa shape index (κ3) is 3.31. The van der Waals surface area contributed by atoms with Gasteiger partial charge in [0.2, 0.25) is 0 Å². The van der Waals surface area contributed by atoms with Crippen molar-refractivity contribution in [2.24, 2.45) is 34.5 Å². The SMILES string of the molecule is CC#Cc1cc(C#CC)c2c(c1O)C(=O)C1C(=O)[C@@]3(O)C(=O)C(C(C)=O)C(=O)C(C(C)C)[C@@]3(C)C[C@@]1(C)C2. The minimum absolute atomic E-state index is 0.000684. The van der Waals surface area contributed by atoms with Crippen molar-refractivity contribution >= 4 is 28.9 Å². The molecule has 0 amide bonds. The summed E-state index contributed by atoms with van der Waals surface area (Å²) in [6.45, 7) is 11.1. The molecular weight excluding hydrogens is 484 g/mol. The molecule has 1 aromatic rings.